The van der Waals surface area contributed by atoms with E-state index in [2.05, 4.69) is 19.2 Å². The molecule has 22 heavy (non-hydrogen) atoms. The largest absolute Gasteiger partial charge is 0.390 e. The summed E-state index contributed by atoms with van der Waals surface area (Å²) in [5.41, 5.74) is 0.243. The number of nitrogens with one attached hydrogen (secondary N) is 2. The molecule has 0 aliphatic carbocycles. The van der Waals surface area contributed by atoms with Crippen LogP contribution in [0.4, 0.5) is 0 Å². The first-order valence-corrected chi connectivity index (χ1v) is 7.78. The Morgan fingerprint density at radius 3 is 2.00 bits per heavy atom. The number of hydrogen-bond donors (Lipinski definition) is 3. The third-order valence-corrected chi connectivity index (χ3v) is 2.56. The lowest BCUT2D eigenvalue weighted by atomic mass is 10.0. The number of benzene rings is 1. The lowest BCUT2D eigenvalue weighted by Gasteiger charge is -2.14. The van der Waals surface area contributed by atoms with Crippen molar-refractivity contribution < 1.29 is 9.90 Å². The van der Waals surface area contributed by atoms with Gasteiger partial charge in [0, 0.05) is 5.56 Å². The van der Waals surface area contributed by atoms with E-state index in [4.69, 9.17) is 10.5 Å². The van der Waals surface area contributed by atoms with Crippen molar-refractivity contribution in [3.8, 4) is 0 Å². The van der Waals surface area contributed by atoms with Gasteiger partial charge in [-0.05, 0) is 40.3 Å². The Kier molecular flexibility index (Phi) is 14.9. The summed E-state index contributed by atoms with van der Waals surface area (Å²) in [4.78, 5) is 10.1. The highest BCUT2D eigenvalue weighted by atomic mass is 16.3. The van der Waals surface area contributed by atoms with Crippen molar-refractivity contribution in [3.05, 3.63) is 35.9 Å². The van der Waals surface area contributed by atoms with Gasteiger partial charge in [0.05, 0.1) is 5.60 Å². The van der Waals surface area contributed by atoms with Gasteiger partial charge in [0.15, 0.2) is 6.29 Å². The third kappa shape index (κ3) is 16.5. The number of aldehydes is 1. The minimum Gasteiger partial charge on any atom is -0.390 e. The highest BCUT2D eigenvalue weighted by Gasteiger charge is 2.08. The topological polar surface area (TPSA) is 73.2 Å². The molecule has 4 heteroatoms. The molecule has 0 unspecified atom stereocenters. The van der Waals surface area contributed by atoms with E-state index in [9.17, 15) is 4.79 Å². The predicted molar refractivity (Wildman–Crippen MR) is 94.8 cm³/mol. The van der Waals surface area contributed by atoms with Crippen molar-refractivity contribution in [1.29, 1.82) is 5.41 Å². The maximum absolute atomic E-state index is 10.1. The first-order chi connectivity index (χ1) is 10.3. The molecular formula is C18H32N2O2. The molecule has 0 saturated carbocycles. The Labute approximate surface area is 135 Å². The lowest BCUT2D eigenvalue weighted by molar-refractivity contribution is -0.102. The zero-order valence-electron chi connectivity index (χ0n) is 14.6. The van der Waals surface area contributed by atoms with Crippen LogP contribution in [0.2, 0.25) is 0 Å². The van der Waals surface area contributed by atoms with E-state index in [-0.39, 0.29) is 5.71 Å². The highest BCUT2D eigenvalue weighted by molar-refractivity contribution is 6.34. The molecule has 0 fully saturated rings. The van der Waals surface area contributed by atoms with E-state index in [1.165, 1.54) is 6.42 Å². The molecule has 126 valence electrons. The fraction of sp³-hybridized carbons (Fsp3) is 0.556. The maximum Gasteiger partial charge on any atom is 0.168 e. The van der Waals surface area contributed by atoms with Crippen molar-refractivity contribution in [1.82, 2.24) is 5.32 Å². The monoisotopic (exact) mass is 308 g/mol. The van der Waals surface area contributed by atoms with Gasteiger partial charge in [-0.15, -0.1) is 0 Å². The molecule has 0 aliphatic rings. The quantitative estimate of drug-likeness (QED) is 0.557. The Balaban J connectivity index is 0. The molecule has 0 bridgehead atoms. The molecule has 4 nitrogen and oxygen atoms in total. The Morgan fingerprint density at radius 2 is 1.77 bits per heavy atom. The maximum atomic E-state index is 10.1. The summed E-state index contributed by atoms with van der Waals surface area (Å²) in [7, 11) is 1.96. The first-order valence-electron chi connectivity index (χ1n) is 7.78. The SMILES string of the molecule is CCCC(C)(C)O.CCCNC.N=C(C=O)c1ccccc1. The second-order valence-electron chi connectivity index (χ2n) is 5.56. The fourth-order valence-corrected chi connectivity index (χ4v) is 1.55. The fourth-order valence-electron chi connectivity index (χ4n) is 1.55. The lowest BCUT2D eigenvalue weighted by Crippen LogP contribution is -2.16. The Bertz CT molecular complexity index is 382. The smallest absolute Gasteiger partial charge is 0.168 e. The van der Waals surface area contributed by atoms with E-state index in [1.54, 1.807) is 24.3 Å². The van der Waals surface area contributed by atoms with Crippen molar-refractivity contribution in [2.24, 2.45) is 0 Å². The molecule has 0 saturated heterocycles. The number of hydrogen-bond acceptors (Lipinski definition) is 4. The Morgan fingerprint density at radius 1 is 1.23 bits per heavy atom. The van der Waals surface area contributed by atoms with Crippen LogP contribution in [0.25, 0.3) is 0 Å². The normalized spacial score (nSPS) is 9.73. The number of carbonyl (C=O) groups is 1. The van der Waals surface area contributed by atoms with E-state index in [0.29, 0.717) is 11.8 Å². The van der Waals surface area contributed by atoms with E-state index >= 15 is 0 Å². The van der Waals surface area contributed by atoms with Crippen LogP contribution in [0.5, 0.6) is 0 Å². The van der Waals surface area contributed by atoms with Crippen LogP contribution in [0, 0.1) is 5.41 Å². The number of rotatable bonds is 6. The van der Waals surface area contributed by atoms with Crippen molar-refractivity contribution in [2.45, 2.75) is 52.6 Å². The van der Waals surface area contributed by atoms with Crippen LogP contribution < -0.4 is 5.32 Å². The van der Waals surface area contributed by atoms with Crippen molar-refractivity contribution in [2.75, 3.05) is 13.6 Å². The summed E-state index contributed by atoms with van der Waals surface area (Å²) in [6.45, 7) is 9.02. The molecule has 0 atom stereocenters. The summed E-state index contributed by atoms with van der Waals surface area (Å²) < 4.78 is 0. The first kappa shape index (κ1) is 22.8. The average Bonchev–Trinajstić information content (AvgIpc) is 2.48. The zero-order chi connectivity index (χ0) is 17.4. The standard InChI is InChI=1S/C8H7NO.C6H14O.C4H11N/c9-8(6-10)7-4-2-1-3-5-7;1-4-5-6(2,3)7;1-3-4-5-2/h1-6,9H;7H,4-5H2,1-3H3;5H,3-4H2,1-2H3. The van der Waals surface area contributed by atoms with Gasteiger partial charge in [-0.2, -0.15) is 0 Å². The highest BCUT2D eigenvalue weighted by Crippen LogP contribution is 2.08. The molecule has 0 heterocycles. The molecule has 3 N–H and O–H groups in total. The average molecular weight is 308 g/mol. The van der Waals surface area contributed by atoms with Gasteiger partial charge in [0.1, 0.15) is 5.71 Å². The van der Waals surface area contributed by atoms with Gasteiger partial charge in [-0.25, -0.2) is 0 Å². The number of carbonyl (C=O) groups excluding carboxylic acids is 1. The minimum atomic E-state index is -0.450. The summed E-state index contributed by atoms with van der Waals surface area (Å²) in [6.07, 6.45) is 3.72. The predicted octanol–water partition coefficient (Wildman–Crippen LogP) is 3.43. The number of aliphatic hydroxyl groups is 1. The van der Waals surface area contributed by atoms with Crippen LogP contribution in [-0.2, 0) is 4.79 Å². The van der Waals surface area contributed by atoms with Gasteiger partial charge in [-0.3, -0.25) is 10.2 Å². The Hall–Kier alpha value is -1.52. The van der Waals surface area contributed by atoms with Crippen molar-refractivity contribution in [3.63, 3.8) is 0 Å². The molecule has 0 amide bonds. The van der Waals surface area contributed by atoms with E-state index in [1.807, 2.05) is 27.0 Å². The zero-order valence-corrected chi connectivity index (χ0v) is 14.6. The summed E-state index contributed by atoms with van der Waals surface area (Å²) in [6, 6.07) is 8.91. The molecule has 1 rings (SSSR count). The van der Waals surface area contributed by atoms with Crippen molar-refractivity contribution >= 4 is 12.0 Å². The molecule has 0 spiro atoms. The second-order valence-corrected chi connectivity index (χ2v) is 5.56. The van der Waals surface area contributed by atoms with Crippen LogP contribution in [0.1, 0.15) is 52.5 Å². The van der Waals surface area contributed by atoms with Crippen LogP contribution in [0.15, 0.2) is 30.3 Å². The molecular weight excluding hydrogens is 276 g/mol. The van der Waals surface area contributed by atoms with E-state index in [0.717, 1.165) is 19.4 Å². The minimum absolute atomic E-state index is 0.0283. The molecule has 0 aliphatic heterocycles. The second kappa shape index (κ2) is 14.4. The molecule has 1 aromatic rings. The summed E-state index contributed by atoms with van der Waals surface area (Å²) in [5.74, 6) is 0. The van der Waals surface area contributed by atoms with Gasteiger partial charge in [-0.1, -0.05) is 50.6 Å². The molecule has 0 radical (unpaired) electrons. The van der Waals surface area contributed by atoms with Gasteiger partial charge in [0.25, 0.3) is 0 Å². The van der Waals surface area contributed by atoms with Crippen LogP contribution >= 0.6 is 0 Å². The summed E-state index contributed by atoms with van der Waals surface area (Å²) in [5, 5.41) is 19.1. The van der Waals surface area contributed by atoms with E-state index < -0.39 is 5.60 Å². The molecule has 0 aromatic heterocycles. The summed E-state index contributed by atoms with van der Waals surface area (Å²) >= 11 is 0. The van der Waals surface area contributed by atoms with Gasteiger partial charge < -0.3 is 10.4 Å². The van der Waals surface area contributed by atoms with Crippen LogP contribution in [0.3, 0.4) is 0 Å². The third-order valence-electron chi connectivity index (χ3n) is 2.56. The van der Waals surface area contributed by atoms with Gasteiger partial charge in [0.2, 0.25) is 0 Å². The molecule has 1 aromatic carbocycles. The van der Waals surface area contributed by atoms with Crippen LogP contribution in [-0.4, -0.2) is 36.3 Å². The van der Waals surface area contributed by atoms with Gasteiger partial charge >= 0.3 is 0 Å².